The van der Waals surface area contributed by atoms with Gasteiger partial charge in [-0.15, -0.1) is 0 Å². The molecule has 3 aromatic rings. The summed E-state index contributed by atoms with van der Waals surface area (Å²) in [6, 6.07) is 9.63. The summed E-state index contributed by atoms with van der Waals surface area (Å²) in [5.41, 5.74) is 0.0332. The molecule has 0 aliphatic rings. The average molecular weight is 339 g/mol. The van der Waals surface area contributed by atoms with E-state index in [-0.39, 0.29) is 11.1 Å². The van der Waals surface area contributed by atoms with Crippen molar-refractivity contribution in [3.8, 4) is 11.3 Å². The van der Waals surface area contributed by atoms with Gasteiger partial charge < -0.3 is 10.3 Å². The molecule has 0 atom stereocenters. The molecule has 2 heterocycles. The van der Waals surface area contributed by atoms with Crippen LogP contribution in [0.3, 0.4) is 0 Å². The summed E-state index contributed by atoms with van der Waals surface area (Å²) in [6.07, 6.45) is 1.08. The van der Waals surface area contributed by atoms with Crippen molar-refractivity contribution >= 4 is 11.6 Å². The number of H-pyrrole nitrogens is 2. The highest BCUT2D eigenvalue weighted by Crippen LogP contribution is 2.18. The molecule has 9 nitrogen and oxygen atoms in total. The predicted octanol–water partition coefficient (Wildman–Crippen LogP) is 0.0762. The predicted molar refractivity (Wildman–Crippen MR) is 90.6 cm³/mol. The topological polar surface area (TPSA) is 130 Å². The molecule has 1 amide bonds. The number of hydrogen-bond acceptors (Lipinski definition) is 5. The SMILES string of the molecule is Cn1c(=O)[nH]cc(C(=O)Nc2ccc(-c3ccc(=O)[nH]n3)cc2)c1=O. The summed E-state index contributed by atoms with van der Waals surface area (Å²) in [7, 11) is 1.28. The Morgan fingerprint density at radius 3 is 2.44 bits per heavy atom. The molecule has 0 aliphatic heterocycles. The van der Waals surface area contributed by atoms with E-state index in [0.717, 1.165) is 16.3 Å². The summed E-state index contributed by atoms with van der Waals surface area (Å²) in [6.45, 7) is 0. The first kappa shape index (κ1) is 16.1. The molecule has 0 fully saturated rings. The summed E-state index contributed by atoms with van der Waals surface area (Å²) in [5.74, 6) is -0.633. The van der Waals surface area contributed by atoms with Crippen molar-refractivity contribution < 1.29 is 4.79 Å². The molecule has 3 N–H and O–H groups in total. The maximum absolute atomic E-state index is 12.2. The number of aromatic amines is 2. The first-order valence-corrected chi connectivity index (χ1v) is 7.22. The molecule has 0 aliphatic carbocycles. The normalized spacial score (nSPS) is 10.4. The summed E-state index contributed by atoms with van der Waals surface area (Å²) in [5, 5.41) is 8.84. The van der Waals surface area contributed by atoms with Crippen LogP contribution in [0.5, 0.6) is 0 Å². The lowest BCUT2D eigenvalue weighted by atomic mass is 10.1. The number of nitrogens with zero attached hydrogens (tertiary/aromatic N) is 2. The Morgan fingerprint density at radius 1 is 1.08 bits per heavy atom. The van der Waals surface area contributed by atoms with Crippen LogP contribution in [-0.4, -0.2) is 25.7 Å². The van der Waals surface area contributed by atoms with Crippen LogP contribution in [0.2, 0.25) is 0 Å². The van der Waals surface area contributed by atoms with Gasteiger partial charge in [0.2, 0.25) is 0 Å². The fraction of sp³-hybridized carbons (Fsp3) is 0.0625. The van der Waals surface area contributed by atoms with Crippen molar-refractivity contribution in [2.24, 2.45) is 7.05 Å². The zero-order valence-corrected chi connectivity index (χ0v) is 13.1. The minimum Gasteiger partial charge on any atom is -0.322 e. The second-order valence-electron chi connectivity index (χ2n) is 5.21. The number of carbonyl (C=O) groups excluding carboxylic acids is 1. The Morgan fingerprint density at radius 2 is 1.80 bits per heavy atom. The monoisotopic (exact) mass is 339 g/mol. The van der Waals surface area contributed by atoms with Crippen LogP contribution in [0.1, 0.15) is 10.4 Å². The van der Waals surface area contributed by atoms with Gasteiger partial charge in [0, 0.05) is 30.6 Å². The van der Waals surface area contributed by atoms with Gasteiger partial charge in [-0.25, -0.2) is 9.89 Å². The zero-order valence-electron chi connectivity index (χ0n) is 13.1. The fourth-order valence-electron chi connectivity index (χ4n) is 2.16. The highest BCUT2D eigenvalue weighted by molar-refractivity contribution is 6.03. The fourth-order valence-corrected chi connectivity index (χ4v) is 2.16. The van der Waals surface area contributed by atoms with E-state index in [0.29, 0.717) is 11.4 Å². The number of aromatic nitrogens is 4. The number of hydrogen-bond donors (Lipinski definition) is 3. The maximum Gasteiger partial charge on any atom is 0.328 e. The Balaban J connectivity index is 1.82. The molecule has 0 spiro atoms. The Bertz CT molecular complexity index is 1090. The Labute approximate surface area is 140 Å². The molecule has 0 saturated carbocycles. The smallest absolute Gasteiger partial charge is 0.322 e. The first-order chi connectivity index (χ1) is 12.0. The third-order valence-corrected chi connectivity index (χ3v) is 3.54. The lowest BCUT2D eigenvalue weighted by Crippen LogP contribution is -2.37. The number of carbonyl (C=O) groups is 1. The van der Waals surface area contributed by atoms with E-state index < -0.39 is 17.2 Å². The second kappa shape index (κ2) is 6.40. The van der Waals surface area contributed by atoms with Gasteiger partial charge >= 0.3 is 5.69 Å². The largest absolute Gasteiger partial charge is 0.328 e. The van der Waals surface area contributed by atoms with Gasteiger partial charge in [0.05, 0.1) is 5.69 Å². The lowest BCUT2D eigenvalue weighted by Gasteiger charge is -2.06. The minimum atomic E-state index is -0.685. The maximum atomic E-state index is 12.2. The van der Waals surface area contributed by atoms with Crippen molar-refractivity contribution in [3.05, 3.63) is 79.4 Å². The average Bonchev–Trinajstić information content (AvgIpc) is 2.61. The van der Waals surface area contributed by atoms with Crippen molar-refractivity contribution in [1.29, 1.82) is 0 Å². The molecule has 0 radical (unpaired) electrons. The molecular weight excluding hydrogens is 326 g/mol. The van der Waals surface area contributed by atoms with Crippen LogP contribution in [0.15, 0.2) is 57.0 Å². The van der Waals surface area contributed by atoms with E-state index >= 15 is 0 Å². The van der Waals surface area contributed by atoms with Crippen molar-refractivity contribution in [3.63, 3.8) is 0 Å². The van der Waals surface area contributed by atoms with Gasteiger partial charge in [-0.05, 0) is 18.2 Å². The molecule has 2 aromatic heterocycles. The van der Waals surface area contributed by atoms with Crippen LogP contribution < -0.4 is 22.1 Å². The molecule has 0 saturated heterocycles. The van der Waals surface area contributed by atoms with Crippen LogP contribution in [0.4, 0.5) is 5.69 Å². The molecule has 3 rings (SSSR count). The molecule has 126 valence electrons. The van der Waals surface area contributed by atoms with E-state index in [1.54, 1.807) is 30.3 Å². The van der Waals surface area contributed by atoms with Gasteiger partial charge in [-0.1, -0.05) is 12.1 Å². The summed E-state index contributed by atoms with van der Waals surface area (Å²) >= 11 is 0. The van der Waals surface area contributed by atoms with Crippen LogP contribution in [0, 0.1) is 0 Å². The second-order valence-corrected chi connectivity index (χ2v) is 5.21. The number of rotatable bonds is 3. The highest BCUT2D eigenvalue weighted by Gasteiger charge is 2.13. The third-order valence-electron chi connectivity index (χ3n) is 3.54. The van der Waals surface area contributed by atoms with E-state index in [1.165, 1.54) is 13.1 Å². The van der Waals surface area contributed by atoms with Crippen LogP contribution in [-0.2, 0) is 7.05 Å². The van der Waals surface area contributed by atoms with Gasteiger partial charge in [0.25, 0.3) is 17.0 Å². The van der Waals surface area contributed by atoms with Gasteiger partial charge in [0.1, 0.15) is 5.56 Å². The lowest BCUT2D eigenvalue weighted by molar-refractivity contribution is 0.102. The first-order valence-electron chi connectivity index (χ1n) is 7.22. The molecule has 0 unspecified atom stereocenters. The molecule has 9 heteroatoms. The van der Waals surface area contributed by atoms with Crippen molar-refractivity contribution in [1.82, 2.24) is 19.7 Å². The number of benzene rings is 1. The molecule has 1 aromatic carbocycles. The van der Waals surface area contributed by atoms with E-state index in [2.05, 4.69) is 20.5 Å². The Kier molecular flexibility index (Phi) is 4.12. The number of anilines is 1. The van der Waals surface area contributed by atoms with Crippen molar-refractivity contribution in [2.45, 2.75) is 0 Å². The van der Waals surface area contributed by atoms with Gasteiger partial charge in [-0.2, -0.15) is 5.10 Å². The third kappa shape index (κ3) is 3.29. The summed E-state index contributed by atoms with van der Waals surface area (Å²) in [4.78, 5) is 48.8. The van der Waals surface area contributed by atoms with Gasteiger partial charge in [0.15, 0.2) is 0 Å². The van der Waals surface area contributed by atoms with Crippen LogP contribution >= 0.6 is 0 Å². The van der Waals surface area contributed by atoms with Crippen molar-refractivity contribution in [2.75, 3.05) is 5.32 Å². The molecular formula is C16H13N5O4. The minimum absolute atomic E-state index is 0.173. The Hall–Kier alpha value is -3.75. The van der Waals surface area contributed by atoms with E-state index in [4.69, 9.17) is 0 Å². The quantitative estimate of drug-likeness (QED) is 0.622. The van der Waals surface area contributed by atoms with Gasteiger partial charge in [-0.3, -0.25) is 19.0 Å². The molecule has 25 heavy (non-hydrogen) atoms. The van der Waals surface area contributed by atoms with E-state index in [1.807, 2.05) is 0 Å². The highest BCUT2D eigenvalue weighted by atomic mass is 16.2. The number of nitrogens with one attached hydrogen (secondary N) is 3. The molecule has 0 bridgehead atoms. The summed E-state index contributed by atoms with van der Waals surface area (Å²) < 4.78 is 0.819. The van der Waals surface area contributed by atoms with Crippen LogP contribution in [0.25, 0.3) is 11.3 Å². The zero-order chi connectivity index (χ0) is 18.0. The standard InChI is InChI=1S/C16H13N5O4/c1-21-15(24)11(8-17-16(21)25)14(23)18-10-4-2-9(3-5-10)12-6-7-13(22)20-19-12/h2-8H,1H3,(H,17,25)(H,18,23)(H,20,22). The van der Waals surface area contributed by atoms with E-state index in [9.17, 15) is 19.2 Å². The number of amides is 1.